The third-order valence-corrected chi connectivity index (χ3v) is 5.39. The average molecular weight is 498 g/mol. The molecule has 2 aromatic carbocycles. The molecule has 2 aliphatic rings. The molecule has 2 aromatic rings. The molecule has 4 rings (SSSR count). The molecule has 0 radical (unpaired) electrons. The molecule has 182 valence electrons. The van der Waals surface area contributed by atoms with Crippen LogP contribution in [0, 0.1) is 5.41 Å². The molecule has 0 fully saturated rings. The first kappa shape index (κ1) is 24.2. The average Bonchev–Trinajstić information content (AvgIpc) is 3.22. The lowest BCUT2D eigenvalue weighted by molar-refractivity contribution is -0.114. The lowest BCUT2D eigenvalue weighted by Crippen LogP contribution is -2.38. The van der Waals surface area contributed by atoms with Gasteiger partial charge in [0.05, 0.1) is 38.0 Å². The Morgan fingerprint density at radius 3 is 2.54 bits per heavy atom. The number of carbonyl (C=O) groups excluding carboxylic acids is 1. The molecule has 0 saturated carbocycles. The topological polar surface area (TPSA) is 103 Å². The van der Waals surface area contributed by atoms with E-state index in [4.69, 9.17) is 40.8 Å². The van der Waals surface area contributed by atoms with Crippen LogP contribution in [0.4, 0.5) is 0 Å². The van der Waals surface area contributed by atoms with Gasteiger partial charge >= 0.3 is 0 Å². The summed E-state index contributed by atoms with van der Waals surface area (Å²) in [4.78, 5) is 21.9. The number of fused-ring (bicyclic) bond motifs is 1. The Bertz CT molecular complexity index is 1250. The van der Waals surface area contributed by atoms with Crippen molar-refractivity contribution in [1.82, 2.24) is 5.06 Å². The van der Waals surface area contributed by atoms with E-state index in [1.54, 1.807) is 32.2 Å². The van der Waals surface area contributed by atoms with Crippen LogP contribution in [0.5, 0.6) is 23.0 Å². The minimum atomic E-state index is -0.540. The third kappa shape index (κ3) is 5.25. The van der Waals surface area contributed by atoms with Gasteiger partial charge in [0.2, 0.25) is 0 Å². The number of rotatable bonds is 9. The van der Waals surface area contributed by atoms with Gasteiger partial charge in [-0.1, -0.05) is 23.7 Å². The SMILES string of the molecule is COc1ccccc1OCCCOc1c(Cl)cc(/C=C2/C(=N)N3OC(C)=CC3=NC2=O)cc1OC. The minimum absolute atomic E-state index is 0.0668. The summed E-state index contributed by atoms with van der Waals surface area (Å²) in [6.07, 6.45) is 3.70. The molecule has 1 amide bonds. The fraction of sp³-hybridized carbons (Fsp3) is 0.240. The number of aliphatic imine (C=N–C) groups is 1. The number of hydrogen-bond acceptors (Lipinski definition) is 7. The Hall–Kier alpha value is -3.98. The number of hydrogen-bond donors (Lipinski definition) is 1. The number of ether oxygens (including phenoxy) is 4. The van der Waals surface area contributed by atoms with Crippen LogP contribution in [-0.2, 0) is 9.63 Å². The summed E-state index contributed by atoms with van der Waals surface area (Å²) >= 11 is 6.47. The Morgan fingerprint density at radius 1 is 1.09 bits per heavy atom. The number of nitrogens with one attached hydrogen (secondary N) is 1. The first-order valence-corrected chi connectivity index (χ1v) is 11.1. The van der Waals surface area contributed by atoms with E-state index in [1.807, 2.05) is 24.3 Å². The number of carbonyl (C=O) groups is 1. The fourth-order valence-corrected chi connectivity index (χ4v) is 3.76. The van der Waals surface area contributed by atoms with Crippen LogP contribution < -0.4 is 18.9 Å². The maximum atomic E-state index is 12.5. The maximum Gasteiger partial charge on any atom is 0.282 e. The number of nitrogens with zero attached hydrogens (tertiary/aromatic N) is 2. The van der Waals surface area contributed by atoms with Crippen LogP contribution in [0.15, 0.2) is 58.8 Å². The number of amides is 1. The van der Waals surface area contributed by atoms with Crippen LogP contribution in [0.2, 0.25) is 5.02 Å². The van der Waals surface area contributed by atoms with Crippen molar-refractivity contribution in [2.45, 2.75) is 13.3 Å². The molecule has 2 aliphatic heterocycles. The predicted molar refractivity (Wildman–Crippen MR) is 131 cm³/mol. The number of methoxy groups -OCH3 is 2. The summed E-state index contributed by atoms with van der Waals surface area (Å²) in [5.74, 6) is 2.26. The van der Waals surface area contributed by atoms with Crippen molar-refractivity contribution in [3.8, 4) is 23.0 Å². The van der Waals surface area contributed by atoms with Crippen LogP contribution in [0.1, 0.15) is 18.9 Å². The molecule has 0 unspecified atom stereocenters. The van der Waals surface area contributed by atoms with Gasteiger partial charge in [0.1, 0.15) is 5.76 Å². The van der Waals surface area contributed by atoms with Gasteiger partial charge in [0.15, 0.2) is 34.7 Å². The molecule has 1 N–H and O–H groups in total. The van der Waals surface area contributed by atoms with E-state index in [2.05, 4.69) is 4.99 Å². The standard InChI is InChI=1S/C25H24ClN3O6/c1-15-11-22-28-25(30)17(24(27)29(22)35-15)12-16-13-18(26)23(21(14-16)32-3)34-10-6-9-33-20-8-5-4-7-19(20)31-2/h4-5,7-8,11-14,27H,6,9-10H2,1-3H3/b17-12-,27-24?. The molecule has 0 aliphatic carbocycles. The van der Waals surface area contributed by atoms with Gasteiger partial charge in [-0.2, -0.15) is 4.99 Å². The monoisotopic (exact) mass is 497 g/mol. The Morgan fingerprint density at radius 2 is 1.80 bits per heavy atom. The third-order valence-electron chi connectivity index (χ3n) is 5.10. The van der Waals surface area contributed by atoms with E-state index in [0.717, 1.165) is 0 Å². The quantitative estimate of drug-likeness (QED) is 0.397. The largest absolute Gasteiger partial charge is 0.493 e. The summed E-state index contributed by atoms with van der Waals surface area (Å²) in [6.45, 7) is 2.48. The molecule has 0 saturated heterocycles. The molecule has 9 nitrogen and oxygen atoms in total. The van der Waals surface area contributed by atoms with E-state index in [1.165, 1.54) is 18.2 Å². The van der Waals surface area contributed by atoms with Crippen molar-refractivity contribution in [1.29, 1.82) is 5.41 Å². The van der Waals surface area contributed by atoms with Crippen molar-refractivity contribution < 1.29 is 28.6 Å². The Balaban J connectivity index is 1.42. The van der Waals surface area contributed by atoms with Gasteiger partial charge in [-0.3, -0.25) is 10.2 Å². The molecular formula is C25H24ClN3O6. The van der Waals surface area contributed by atoms with Gasteiger partial charge in [0, 0.05) is 12.5 Å². The molecule has 0 spiro atoms. The van der Waals surface area contributed by atoms with Crippen LogP contribution >= 0.6 is 11.6 Å². The number of benzene rings is 2. The molecule has 0 atom stereocenters. The predicted octanol–water partition coefficient (Wildman–Crippen LogP) is 4.66. The molecule has 2 heterocycles. The molecule has 10 heteroatoms. The van der Waals surface area contributed by atoms with Crippen molar-refractivity contribution in [3.05, 3.63) is 64.4 Å². The van der Waals surface area contributed by atoms with E-state index in [9.17, 15) is 4.79 Å². The summed E-state index contributed by atoms with van der Waals surface area (Å²) in [5, 5.41) is 9.85. The van der Waals surface area contributed by atoms with Gasteiger partial charge < -0.3 is 23.8 Å². The molecule has 35 heavy (non-hydrogen) atoms. The Labute approximate surface area is 207 Å². The van der Waals surface area contributed by atoms with Gasteiger partial charge in [-0.25, -0.2) is 0 Å². The smallest absolute Gasteiger partial charge is 0.282 e. The highest BCUT2D eigenvalue weighted by molar-refractivity contribution is 6.33. The lowest BCUT2D eigenvalue weighted by atomic mass is 10.1. The number of halogens is 1. The van der Waals surface area contributed by atoms with Crippen LogP contribution in [0.3, 0.4) is 0 Å². The van der Waals surface area contributed by atoms with Gasteiger partial charge in [-0.05, 0) is 42.8 Å². The van der Waals surface area contributed by atoms with E-state index in [-0.39, 0.29) is 17.2 Å². The number of allylic oxidation sites excluding steroid dienone is 1. The minimum Gasteiger partial charge on any atom is -0.493 e. The maximum absolute atomic E-state index is 12.5. The number of hydroxylamine groups is 2. The van der Waals surface area contributed by atoms with Crippen molar-refractivity contribution >= 4 is 35.3 Å². The van der Waals surface area contributed by atoms with Gasteiger partial charge in [-0.15, -0.1) is 5.06 Å². The van der Waals surface area contributed by atoms with E-state index < -0.39 is 5.91 Å². The normalized spacial score (nSPS) is 15.9. The molecule has 0 aromatic heterocycles. The second-order valence-corrected chi connectivity index (χ2v) is 7.97. The lowest BCUT2D eigenvalue weighted by Gasteiger charge is -2.23. The number of amidine groups is 2. The van der Waals surface area contributed by atoms with Gasteiger partial charge in [0.25, 0.3) is 5.91 Å². The highest BCUT2D eigenvalue weighted by Gasteiger charge is 2.34. The first-order valence-electron chi connectivity index (χ1n) is 10.8. The zero-order valence-electron chi connectivity index (χ0n) is 19.5. The summed E-state index contributed by atoms with van der Waals surface area (Å²) in [6, 6.07) is 10.7. The highest BCUT2D eigenvalue weighted by atomic mass is 35.5. The van der Waals surface area contributed by atoms with Crippen molar-refractivity contribution in [2.75, 3.05) is 27.4 Å². The summed E-state index contributed by atoms with van der Waals surface area (Å²) in [7, 11) is 3.09. The molecule has 0 bridgehead atoms. The highest BCUT2D eigenvalue weighted by Crippen LogP contribution is 2.37. The molecular weight excluding hydrogens is 474 g/mol. The second-order valence-electron chi connectivity index (χ2n) is 7.56. The number of para-hydroxylation sites is 2. The van der Waals surface area contributed by atoms with E-state index in [0.29, 0.717) is 59.0 Å². The van der Waals surface area contributed by atoms with Crippen molar-refractivity contribution in [2.24, 2.45) is 4.99 Å². The second kappa shape index (κ2) is 10.5. The van der Waals surface area contributed by atoms with Crippen LogP contribution in [-0.4, -0.2) is 50.1 Å². The Kier molecular flexibility index (Phi) is 7.26. The van der Waals surface area contributed by atoms with Crippen LogP contribution in [0.25, 0.3) is 6.08 Å². The first-order chi connectivity index (χ1) is 16.9. The van der Waals surface area contributed by atoms with Crippen molar-refractivity contribution in [3.63, 3.8) is 0 Å². The zero-order chi connectivity index (χ0) is 24.9. The summed E-state index contributed by atoms with van der Waals surface area (Å²) in [5.41, 5.74) is 0.617. The summed E-state index contributed by atoms with van der Waals surface area (Å²) < 4.78 is 22.3. The van der Waals surface area contributed by atoms with E-state index >= 15 is 0 Å². The zero-order valence-corrected chi connectivity index (χ0v) is 20.2. The fourth-order valence-electron chi connectivity index (χ4n) is 3.48.